The third kappa shape index (κ3) is 2.59. The number of benzene rings is 1. The van der Waals surface area contributed by atoms with E-state index in [9.17, 15) is 17.6 Å². The number of pyridine rings is 1. The average molecular weight is 271 g/mol. The maximum Gasteiger partial charge on any atom is 0.185 e. The van der Waals surface area contributed by atoms with Crippen LogP contribution in [0.1, 0.15) is 0 Å². The lowest BCUT2D eigenvalue weighted by Crippen LogP contribution is -2.04. The molecule has 0 saturated carbocycles. The number of rotatable bonds is 3. The van der Waals surface area contributed by atoms with Crippen molar-refractivity contribution in [2.45, 2.75) is 0 Å². The molecule has 2 N–H and O–H groups in total. The highest BCUT2D eigenvalue weighted by Crippen LogP contribution is 2.26. The molecule has 0 saturated heterocycles. The summed E-state index contributed by atoms with van der Waals surface area (Å²) in [6.45, 7) is 0. The first-order valence-electron chi connectivity index (χ1n) is 5.27. The first-order chi connectivity index (χ1) is 9.02. The molecule has 0 aliphatic rings. The van der Waals surface area contributed by atoms with Gasteiger partial charge in [0.15, 0.2) is 23.3 Å². The van der Waals surface area contributed by atoms with E-state index in [-0.39, 0.29) is 11.9 Å². The predicted molar refractivity (Wildman–Crippen MR) is 63.3 cm³/mol. The second kappa shape index (κ2) is 5.13. The van der Waals surface area contributed by atoms with Gasteiger partial charge in [-0.1, -0.05) is 6.07 Å². The van der Waals surface area contributed by atoms with Gasteiger partial charge in [-0.2, -0.15) is 0 Å². The fourth-order valence-electron chi connectivity index (χ4n) is 1.45. The minimum Gasteiger partial charge on any atom is -0.373 e. The first kappa shape index (κ1) is 13.1. The standard InChI is InChI=1S/C12H9F4N3/c1-17-8-3-2-4-9(18-8)19-12-10(15)6(13)5-7(14)11(12)16/h2-5H,1H3,(H2,17,18,19). The average Bonchev–Trinajstić information content (AvgIpc) is 2.41. The Bertz CT molecular complexity index is 590. The molecule has 19 heavy (non-hydrogen) atoms. The second-order valence-corrected chi connectivity index (χ2v) is 3.63. The lowest BCUT2D eigenvalue weighted by Gasteiger charge is -2.10. The van der Waals surface area contributed by atoms with Gasteiger partial charge in [-0.05, 0) is 12.1 Å². The van der Waals surface area contributed by atoms with E-state index in [0.29, 0.717) is 5.82 Å². The molecule has 2 aromatic rings. The highest BCUT2D eigenvalue weighted by atomic mass is 19.2. The maximum absolute atomic E-state index is 13.4. The number of halogens is 4. The Hall–Kier alpha value is -2.31. The van der Waals surface area contributed by atoms with Crippen LogP contribution in [0.5, 0.6) is 0 Å². The van der Waals surface area contributed by atoms with Crippen molar-refractivity contribution in [2.75, 3.05) is 17.7 Å². The Morgan fingerprint density at radius 1 is 0.947 bits per heavy atom. The van der Waals surface area contributed by atoms with Gasteiger partial charge in [0.25, 0.3) is 0 Å². The molecular formula is C12H9F4N3. The molecule has 1 aromatic carbocycles. The second-order valence-electron chi connectivity index (χ2n) is 3.63. The fourth-order valence-corrected chi connectivity index (χ4v) is 1.45. The number of nitrogens with one attached hydrogen (secondary N) is 2. The van der Waals surface area contributed by atoms with E-state index in [1.807, 2.05) is 0 Å². The van der Waals surface area contributed by atoms with Crippen LogP contribution in [0.3, 0.4) is 0 Å². The molecular weight excluding hydrogens is 262 g/mol. The van der Waals surface area contributed by atoms with E-state index >= 15 is 0 Å². The molecule has 7 heteroatoms. The lowest BCUT2D eigenvalue weighted by atomic mass is 10.2. The molecule has 3 nitrogen and oxygen atoms in total. The van der Waals surface area contributed by atoms with Crippen LogP contribution in [-0.4, -0.2) is 12.0 Å². The molecule has 1 aromatic heterocycles. The number of aromatic nitrogens is 1. The summed E-state index contributed by atoms with van der Waals surface area (Å²) in [5.41, 5.74) is -0.918. The van der Waals surface area contributed by atoms with Crippen molar-refractivity contribution in [2.24, 2.45) is 0 Å². The van der Waals surface area contributed by atoms with Crippen LogP contribution < -0.4 is 10.6 Å². The molecule has 0 amide bonds. The Morgan fingerprint density at radius 3 is 2.11 bits per heavy atom. The van der Waals surface area contributed by atoms with Crippen LogP contribution in [0.2, 0.25) is 0 Å². The summed E-state index contributed by atoms with van der Waals surface area (Å²) < 4.78 is 52.9. The SMILES string of the molecule is CNc1cccc(Nc2c(F)c(F)cc(F)c2F)n1. The van der Waals surface area contributed by atoms with Crippen LogP contribution in [0.15, 0.2) is 24.3 Å². The molecule has 0 bridgehead atoms. The molecule has 1 heterocycles. The van der Waals surface area contributed by atoms with Gasteiger partial charge in [-0.3, -0.25) is 0 Å². The zero-order valence-corrected chi connectivity index (χ0v) is 9.77. The van der Waals surface area contributed by atoms with E-state index in [2.05, 4.69) is 15.6 Å². The van der Waals surface area contributed by atoms with Crippen molar-refractivity contribution < 1.29 is 17.6 Å². The summed E-state index contributed by atoms with van der Waals surface area (Å²) >= 11 is 0. The summed E-state index contributed by atoms with van der Waals surface area (Å²) in [4.78, 5) is 3.93. The van der Waals surface area contributed by atoms with Gasteiger partial charge in [-0.15, -0.1) is 0 Å². The van der Waals surface area contributed by atoms with Crippen molar-refractivity contribution in [1.29, 1.82) is 0 Å². The summed E-state index contributed by atoms with van der Waals surface area (Å²) in [6, 6.07) is 4.73. The summed E-state index contributed by atoms with van der Waals surface area (Å²) in [5, 5.41) is 4.93. The van der Waals surface area contributed by atoms with Gasteiger partial charge in [0.05, 0.1) is 0 Å². The topological polar surface area (TPSA) is 37.0 Å². The molecule has 0 spiro atoms. The number of hydrogen-bond donors (Lipinski definition) is 2. The first-order valence-corrected chi connectivity index (χ1v) is 5.27. The summed E-state index contributed by atoms with van der Waals surface area (Å²) in [5.74, 6) is -5.49. The van der Waals surface area contributed by atoms with Crippen LogP contribution in [0, 0.1) is 23.3 Å². The highest BCUT2D eigenvalue weighted by Gasteiger charge is 2.19. The monoisotopic (exact) mass is 271 g/mol. The normalized spacial score (nSPS) is 10.4. The Kier molecular flexibility index (Phi) is 3.55. The fraction of sp³-hybridized carbons (Fsp3) is 0.0833. The smallest absolute Gasteiger partial charge is 0.185 e. The van der Waals surface area contributed by atoms with E-state index in [4.69, 9.17) is 0 Å². The highest BCUT2D eigenvalue weighted by molar-refractivity contribution is 5.59. The van der Waals surface area contributed by atoms with Crippen molar-refractivity contribution in [1.82, 2.24) is 4.98 Å². The third-order valence-electron chi connectivity index (χ3n) is 2.37. The van der Waals surface area contributed by atoms with Gasteiger partial charge < -0.3 is 10.6 Å². The van der Waals surface area contributed by atoms with Gasteiger partial charge in [0, 0.05) is 13.1 Å². The quantitative estimate of drug-likeness (QED) is 0.663. The molecule has 0 atom stereocenters. The van der Waals surface area contributed by atoms with E-state index in [1.165, 1.54) is 6.07 Å². The van der Waals surface area contributed by atoms with Crippen LogP contribution >= 0.6 is 0 Å². The Balaban J connectivity index is 2.43. The van der Waals surface area contributed by atoms with Crippen LogP contribution in [0.25, 0.3) is 0 Å². The lowest BCUT2D eigenvalue weighted by molar-refractivity contribution is 0.459. The summed E-state index contributed by atoms with van der Waals surface area (Å²) in [6.07, 6.45) is 0. The molecule has 0 radical (unpaired) electrons. The van der Waals surface area contributed by atoms with Gasteiger partial charge >= 0.3 is 0 Å². The Labute approximate surface area is 106 Å². The van der Waals surface area contributed by atoms with Gasteiger partial charge in [0.1, 0.15) is 17.3 Å². The van der Waals surface area contributed by atoms with E-state index in [1.54, 1.807) is 19.2 Å². The van der Waals surface area contributed by atoms with Crippen molar-refractivity contribution in [3.8, 4) is 0 Å². The number of nitrogens with zero attached hydrogens (tertiary/aromatic N) is 1. The van der Waals surface area contributed by atoms with E-state index < -0.39 is 29.0 Å². The minimum absolute atomic E-state index is 0.0506. The number of anilines is 3. The molecule has 0 aliphatic carbocycles. The zero-order chi connectivity index (χ0) is 14.0. The van der Waals surface area contributed by atoms with Crippen molar-refractivity contribution in [3.05, 3.63) is 47.5 Å². The van der Waals surface area contributed by atoms with Crippen molar-refractivity contribution in [3.63, 3.8) is 0 Å². The number of hydrogen-bond acceptors (Lipinski definition) is 3. The molecule has 100 valence electrons. The zero-order valence-electron chi connectivity index (χ0n) is 9.77. The van der Waals surface area contributed by atoms with Gasteiger partial charge in [0.2, 0.25) is 0 Å². The molecule has 2 rings (SSSR count). The predicted octanol–water partition coefficient (Wildman–Crippen LogP) is 3.42. The largest absolute Gasteiger partial charge is 0.373 e. The molecule has 0 aliphatic heterocycles. The molecule has 0 fully saturated rings. The van der Waals surface area contributed by atoms with Crippen molar-refractivity contribution >= 4 is 17.3 Å². The van der Waals surface area contributed by atoms with Crippen LogP contribution in [0.4, 0.5) is 34.9 Å². The minimum atomic E-state index is -1.50. The van der Waals surface area contributed by atoms with Crippen LogP contribution in [-0.2, 0) is 0 Å². The maximum atomic E-state index is 13.4. The van der Waals surface area contributed by atoms with E-state index in [0.717, 1.165) is 0 Å². The Morgan fingerprint density at radius 2 is 1.53 bits per heavy atom. The third-order valence-corrected chi connectivity index (χ3v) is 2.37. The van der Waals surface area contributed by atoms with Gasteiger partial charge in [-0.25, -0.2) is 22.5 Å². The molecule has 0 unspecified atom stereocenters. The summed E-state index contributed by atoms with van der Waals surface area (Å²) in [7, 11) is 1.61.